The van der Waals surface area contributed by atoms with Gasteiger partial charge in [-0.2, -0.15) is 0 Å². The van der Waals surface area contributed by atoms with E-state index in [9.17, 15) is 4.79 Å². The molecule has 2 heterocycles. The molecule has 29 heavy (non-hydrogen) atoms. The molecule has 0 atom stereocenters. The molecule has 0 bridgehead atoms. The van der Waals surface area contributed by atoms with E-state index in [-0.39, 0.29) is 5.56 Å². The molecule has 0 aliphatic rings. The summed E-state index contributed by atoms with van der Waals surface area (Å²) in [4.78, 5) is 18.7. The number of methoxy groups -OCH3 is 1. The summed E-state index contributed by atoms with van der Waals surface area (Å²) in [6.07, 6.45) is 0. The second-order valence-corrected chi connectivity index (χ2v) is 7.70. The van der Waals surface area contributed by atoms with Crippen LogP contribution in [-0.2, 0) is 6.54 Å². The molecule has 0 saturated heterocycles. The molecule has 0 saturated carbocycles. The second kappa shape index (κ2) is 8.09. The number of aromatic nitrogens is 2. The van der Waals surface area contributed by atoms with Crippen molar-refractivity contribution < 1.29 is 9.47 Å². The summed E-state index contributed by atoms with van der Waals surface area (Å²) in [5, 5.41) is 2.65. The first-order chi connectivity index (χ1) is 14.1. The van der Waals surface area contributed by atoms with Gasteiger partial charge >= 0.3 is 0 Å². The van der Waals surface area contributed by atoms with Crippen molar-refractivity contribution in [1.82, 2.24) is 9.55 Å². The van der Waals surface area contributed by atoms with E-state index in [4.69, 9.17) is 9.47 Å². The highest BCUT2D eigenvalue weighted by atomic mass is 32.1. The Morgan fingerprint density at radius 3 is 2.59 bits per heavy atom. The lowest BCUT2D eigenvalue weighted by Gasteiger charge is -2.12. The van der Waals surface area contributed by atoms with E-state index in [1.807, 2.05) is 67.8 Å². The Hall–Kier alpha value is -3.12. The number of thiophene rings is 1. The van der Waals surface area contributed by atoms with E-state index in [1.54, 1.807) is 11.7 Å². The van der Waals surface area contributed by atoms with Crippen LogP contribution in [0.2, 0.25) is 0 Å². The molecule has 4 aromatic rings. The molecule has 4 rings (SSSR count). The third-order valence-electron chi connectivity index (χ3n) is 4.86. The minimum atomic E-state index is -0.0348. The van der Waals surface area contributed by atoms with Crippen molar-refractivity contribution in [3.63, 3.8) is 0 Å². The van der Waals surface area contributed by atoms with Gasteiger partial charge in [-0.3, -0.25) is 9.36 Å². The van der Waals surface area contributed by atoms with E-state index >= 15 is 0 Å². The Bertz CT molecular complexity index is 1210. The van der Waals surface area contributed by atoms with Gasteiger partial charge in [-0.05, 0) is 49.2 Å². The van der Waals surface area contributed by atoms with Gasteiger partial charge in [-0.1, -0.05) is 24.3 Å². The normalized spacial score (nSPS) is 11.0. The lowest BCUT2D eigenvalue weighted by molar-refractivity contribution is 0.294. The van der Waals surface area contributed by atoms with Gasteiger partial charge in [0.2, 0.25) is 0 Å². The van der Waals surface area contributed by atoms with Crippen LogP contribution in [0.5, 0.6) is 11.5 Å². The van der Waals surface area contributed by atoms with Gasteiger partial charge in [0.15, 0.2) is 0 Å². The highest BCUT2D eigenvalue weighted by Crippen LogP contribution is 2.32. The van der Waals surface area contributed by atoms with Crippen molar-refractivity contribution in [2.45, 2.75) is 20.4 Å². The van der Waals surface area contributed by atoms with Gasteiger partial charge in [0.25, 0.3) is 5.56 Å². The Morgan fingerprint density at radius 1 is 1.07 bits per heavy atom. The summed E-state index contributed by atoms with van der Waals surface area (Å²) < 4.78 is 12.8. The quantitative estimate of drug-likeness (QED) is 0.460. The largest absolute Gasteiger partial charge is 0.497 e. The van der Waals surface area contributed by atoms with E-state index in [0.29, 0.717) is 24.4 Å². The fourth-order valence-corrected chi connectivity index (χ4v) is 4.32. The molecule has 5 nitrogen and oxygen atoms in total. The van der Waals surface area contributed by atoms with Crippen molar-refractivity contribution in [2.24, 2.45) is 0 Å². The Kier molecular flexibility index (Phi) is 5.36. The van der Waals surface area contributed by atoms with Crippen molar-refractivity contribution in [3.05, 3.63) is 75.7 Å². The molecular weight excluding hydrogens is 384 g/mol. The van der Waals surface area contributed by atoms with Gasteiger partial charge < -0.3 is 9.47 Å². The average Bonchev–Trinajstić information content (AvgIpc) is 3.14. The second-order valence-electron chi connectivity index (χ2n) is 6.84. The van der Waals surface area contributed by atoms with Crippen LogP contribution in [0.15, 0.2) is 58.7 Å². The molecule has 0 aliphatic carbocycles. The number of hydrogen-bond donors (Lipinski definition) is 0. The number of benzene rings is 2. The SMILES string of the molecule is COc1ccc(-c2csc3nc(C)n(CCOc4cccc(C)c4)c(=O)c23)cc1. The molecule has 0 unspecified atom stereocenters. The lowest BCUT2D eigenvalue weighted by atomic mass is 10.1. The van der Waals surface area contributed by atoms with Gasteiger partial charge in [-0.15, -0.1) is 11.3 Å². The maximum atomic E-state index is 13.3. The van der Waals surface area contributed by atoms with Crippen LogP contribution < -0.4 is 15.0 Å². The van der Waals surface area contributed by atoms with Gasteiger partial charge in [0.1, 0.15) is 28.8 Å². The van der Waals surface area contributed by atoms with Crippen LogP contribution in [0.25, 0.3) is 21.3 Å². The number of rotatable bonds is 6. The monoisotopic (exact) mass is 406 g/mol. The summed E-state index contributed by atoms with van der Waals surface area (Å²) >= 11 is 1.49. The fourth-order valence-electron chi connectivity index (χ4n) is 3.33. The van der Waals surface area contributed by atoms with Crippen LogP contribution in [-0.4, -0.2) is 23.3 Å². The Balaban J connectivity index is 1.65. The maximum Gasteiger partial charge on any atom is 0.263 e. The zero-order valence-corrected chi connectivity index (χ0v) is 17.5. The lowest BCUT2D eigenvalue weighted by Crippen LogP contribution is -2.26. The molecule has 2 aromatic heterocycles. The molecule has 2 aromatic carbocycles. The predicted octanol–water partition coefficient (Wildman–Crippen LogP) is 4.83. The van der Waals surface area contributed by atoms with Crippen molar-refractivity contribution in [1.29, 1.82) is 0 Å². The van der Waals surface area contributed by atoms with Gasteiger partial charge in [-0.25, -0.2) is 4.98 Å². The number of aryl methyl sites for hydroxylation is 2. The summed E-state index contributed by atoms with van der Waals surface area (Å²) in [5.41, 5.74) is 2.98. The van der Waals surface area contributed by atoms with Gasteiger partial charge in [0.05, 0.1) is 19.0 Å². The highest BCUT2D eigenvalue weighted by Gasteiger charge is 2.15. The predicted molar refractivity (Wildman–Crippen MR) is 117 cm³/mol. The Labute approximate surface area is 173 Å². The third-order valence-corrected chi connectivity index (χ3v) is 5.73. The summed E-state index contributed by atoms with van der Waals surface area (Å²) in [7, 11) is 1.64. The van der Waals surface area contributed by atoms with Gasteiger partial charge in [0, 0.05) is 10.9 Å². The van der Waals surface area contributed by atoms with Crippen LogP contribution in [0, 0.1) is 13.8 Å². The number of fused-ring (bicyclic) bond motifs is 1. The van der Waals surface area contributed by atoms with Crippen LogP contribution in [0.3, 0.4) is 0 Å². The van der Waals surface area contributed by atoms with Crippen molar-refractivity contribution >= 4 is 21.6 Å². The van der Waals surface area contributed by atoms with Crippen molar-refractivity contribution in [3.8, 4) is 22.6 Å². The molecule has 0 fully saturated rings. The summed E-state index contributed by atoms with van der Waals surface area (Å²) in [5.74, 6) is 2.28. The molecule has 0 amide bonds. The molecule has 148 valence electrons. The average molecular weight is 407 g/mol. The summed E-state index contributed by atoms with van der Waals surface area (Å²) in [6, 6.07) is 15.6. The minimum Gasteiger partial charge on any atom is -0.497 e. The van der Waals surface area contributed by atoms with Crippen LogP contribution in [0.4, 0.5) is 0 Å². The smallest absolute Gasteiger partial charge is 0.263 e. The standard InChI is InChI=1S/C23H22N2O3S/c1-15-5-4-6-19(13-15)28-12-11-25-16(2)24-22-21(23(25)26)20(14-29-22)17-7-9-18(27-3)10-8-17/h4-10,13-14H,11-12H2,1-3H3. The summed E-state index contributed by atoms with van der Waals surface area (Å²) in [6.45, 7) is 4.73. The van der Waals surface area contributed by atoms with E-state index < -0.39 is 0 Å². The maximum absolute atomic E-state index is 13.3. The topological polar surface area (TPSA) is 53.4 Å². The zero-order valence-electron chi connectivity index (χ0n) is 16.6. The molecule has 6 heteroatoms. The fraction of sp³-hybridized carbons (Fsp3) is 0.217. The van der Waals surface area contributed by atoms with Crippen molar-refractivity contribution in [2.75, 3.05) is 13.7 Å². The molecule has 0 aliphatic heterocycles. The first-order valence-electron chi connectivity index (χ1n) is 9.39. The minimum absolute atomic E-state index is 0.0348. The number of ether oxygens (including phenoxy) is 2. The molecule has 0 spiro atoms. The van der Waals surface area contributed by atoms with Crippen LogP contribution >= 0.6 is 11.3 Å². The molecule has 0 radical (unpaired) electrons. The number of hydrogen-bond acceptors (Lipinski definition) is 5. The highest BCUT2D eigenvalue weighted by molar-refractivity contribution is 7.17. The molecule has 0 N–H and O–H groups in total. The van der Waals surface area contributed by atoms with Crippen LogP contribution in [0.1, 0.15) is 11.4 Å². The first-order valence-corrected chi connectivity index (χ1v) is 10.3. The first kappa shape index (κ1) is 19.2. The number of nitrogens with zero attached hydrogens (tertiary/aromatic N) is 2. The zero-order chi connectivity index (χ0) is 20.4. The van der Waals surface area contributed by atoms with E-state index in [0.717, 1.165) is 33.0 Å². The van der Waals surface area contributed by atoms with E-state index in [2.05, 4.69) is 4.98 Å². The third kappa shape index (κ3) is 3.89. The van der Waals surface area contributed by atoms with E-state index in [1.165, 1.54) is 11.3 Å². The molecular formula is C23H22N2O3S. The Morgan fingerprint density at radius 2 is 1.86 bits per heavy atom.